The third kappa shape index (κ3) is 5.44. The van der Waals surface area contributed by atoms with Crippen molar-refractivity contribution in [2.24, 2.45) is 0 Å². The quantitative estimate of drug-likeness (QED) is 0.153. The molecule has 0 fully saturated rings. The first kappa shape index (κ1) is 43.8. The van der Waals surface area contributed by atoms with Gasteiger partial charge in [0.1, 0.15) is 0 Å². The zero-order valence-corrected chi connectivity index (χ0v) is 45.3. The molecular weight excluding hydrogens is 880 g/mol. The zero-order valence-electron chi connectivity index (χ0n) is 45.3. The topological polar surface area (TPSA) is 14.8 Å². The molecule has 4 aliphatic rings. The molecule has 0 saturated heterocycles. The molecule has 4 aliphatic heterocycles. The van der Waals surface area contributed by atoms with Crippen LogP contribution in [0.1, 0.15) is 154 Å². The lowest BCUT2D eigenvalue weighted by molar-refractivity contribution is 0.590. The van der Waals surface area contributed by atoms with Gasteiger partial charge in [-0.15, -0.1) is 0 Å². The summed E-state index contributed by atoms with van der Waals surface area (Å²) in [6, 6.07) is 47.4. The molecule has 0 amide bonds. The fraction of sp³-hybridized carbons (Fsp3) is 0.294. The Morgan fingerprint density at radius 2 is 0.753 bits per heavy atom. The van der Waals surface area contributed by atoms with Crippen LogP contribution in [0.4, 0.5) is 0 Å². The molecule has 5 heteroatoms. The molecule has 0 bridgehead atoms. The maximum atomic E-state index is 2.83. The maximum absolute atomic E-state index is 2.83. The molecule has 0 atom stereocenters. The average Bonchev–Trinajstić information content (AvgIpc) is 4.04. The van der Waals surface area contributed by atoms with Crippen LogP contribution in [0.5, 0.6) is 0 Å². The lowest BCUT2D eigenvalue weighted by Crippen LogP contribution is -2.67. The van der Waals surface area contributed by atoms with Gasteiger partial charge in [0, 0.05) is 65.6 Å². The molecule has 8 aromatic carbocycles. The highest BCUT2D eigenvalue weighted by molar-refractivity contribution is 7.04. The fourth-order valence-electron chi connectivity index (χ4n) is 14.4. The van der Waals surface area contributed by atoms with Crippen molar-refractivity contribution in [2.45, 2.75) is 131 Å². The largest absolute Gasteiger partial charge is 0.311 e. The van der Waals surface area contributed by atoms with Gasteiger partial charge in [-0.25, -0.2) is 0 Å². The van der Waals surface area contributed by atoms with Crippen molar-refractivity contribution in [2.75, 3.05) is 0 Å². The third-order valence-electron chi connectivity index (χ3n) is 18.3. The Labute approximate surface area is 431 Å². The molecule has 0 radical (unpaired) electrons. The third-order valence-corrected chi connectivity index (χ3v) is 18.3. The Kier molecular flexibility index (Phi) is 8.47. The summed E-state index contributed by atoms with van der Waals surface area (Å²) in [6.45, 7) is 33.4. The first-order chi connectivity index (χ1) is 34.8. The van der Waals surface area contributed by atoms with Gasteiger partial charge in [-0.3, -0.25) is 0 Å². The molecule has 73 heavy (non-hydrogen) atoms. The van der Waals surface area contributed by atoms with Gasteiger partial charge in [0.25, 0.3) is 13.4 Å². The second kappa shape index (κ2) is 14.1. The lowest BCUT2D eigenvalue weighted by atomic mass is 9.29. The highest BCUT2D eigenvalue weighted by Gasteiger charge is 2.51. The number of hydrogen-bond donors (Lipinski definition) is 0. The standard InChI is InChI=1S/C68H65B2N3/c1-34(2)39-20-22-55-45(24-39)47-25-40(35(3)4)28-51-60(47)71(55)64-57(38-18-16-15-17-19-38)65-59-66-58(64)69(51)52-29-41(36(5)6)26-48-49-27-42(37(7)8)30-53(63(49)73(66)62(48)52)70(59)54-33-44(68(12,13)14)32-50-46-31-43(67(9,10)11)21-23-56(46)72(65)61(50)54/h15-37H,1-14H3. The van der Waals surface area contributed by atoms with Crippen molar-refractivity contribution in [1.29, 1.82) is 0 Å². The first-order valence-electron chi connectivity index (χ1n) is 27.5. The van der Waals surface area contributed by atoms with E-state index in [1.807, 2.05) is 0 Å². The van der Waals surface area contributed by atoms with Crippen molar-refractivity contribution in [3.8, 4) is 28.2 Å². The van der Waals surface area contributed by atoms with E-state index in [4.69, 9.17) is 0 Å². The van der Waals surface area contributed by atoms with Crippen LogP contribution in [0.2, 0.25) is 0 Å². The summed E-state index contributed by atoms with van der Waals surface area (Å²) >= 11 is 0. The van der Waals surface area contributed by atoms with E-state index in [0.717, 1.165) is 0 Å². The highest BCUT2D eigenvalue weighted by atomic mass is 15.1. The zero-order chi connectivity index (χ0) is 50.4. The van der Waals surface area contributed by atoms with E-state index < -0.39 is 0 Å². The predicted octanol–water partition coefficient (Wildman–Crippen LogP) is 14.0. The van der Waals surface area contributed by atoms with Crippen LogP contribution >= 0.6 is 0 Å². The Morgan fingerprint density at radius 3 is 1.23 bits per heavy atom. The maximum Gasteiger partial charge on any atom is 0.252 e. The SMILES string of the molecule is CC(C)c1ccc2c(c1)c1cc(C(C)C)cc3c1n2-c1c2c4c5c(c1-c1ccccc1)-n1c6ccc(C(C)(C)C)cc6c6cc(C(C)(C)C)cc(c61)B5c1cc(C(C)C)cc5c6cc(C(C)C)cc(c6n-4c15)B23. The van der Waals surface area contributed by atoms with Crippen molar-refractivity contribution in [3.63, 3.8) is 0 Å². The lowest BCUT2D eigenvalue weighted by Gasteiger charge is -2.43. The van der Waals surface area contributed by atoms with Crippen LogP contribution in [0, 0.1) is 0 Å². The molecule has 358 valence electrons. The molecular formula is C68H65B2N3. The van der Waals surface area contributed by atoms with Gasteiger partial charge in [0.2, 0.25) is 0 Å². The normalized spacial score (nSPS) is 14.3. The van der Waals surface area contributed by atoms with Crippen LogP contribution in [-0.4, -0.2) is 27.1 Å². The summed E-state index contributed by atoms with van der Waals surface area (Å²) in [5.74, 6) is 1.50. The number of fused-ring (bicyclic) bond motifs is 13. The van der Waals surface area contributed by atoms with E-state index in [-0.39, 0.29) is 24.3 Å². The Bertz CT molecular complexity index is 4340. The number of aromatic nitrogens is 3. The molecule has 3 nitrogen and oxygen atoms in total. The van der Waals surface area contributed by atoms with Crippen molar-refractivity contribution in [1.82, 2.24) is 13.7 Å². The van der Waals surface area contributed by atoms with E-state index in [2.05, 4.69) is 226 Å². The molecule has 3 aromatic heterocycles. The van der Waals surface area contributed by atoms with Gasteiger partial charge in [0.05, 0.1) is 22.4 Å². The smallest absolute Gasteiger partial charge is 0.252 e. The predicted molar refractivity (Wildman–Crippen MR) is 318 cm³/mol. The minimum Gasteiger partial charge on any atom is -0.311 e. The Morgan fingerprint density at radius 1 is 0.356 bits per heavy atom. The molecule has 15 rings (SSSR count). The van der Waals surface area contributed by atoms with Crippen molar-refractivity contribution < 1.29 is 0 Å². The molecule has 0 N–H and O–H groups in total. The number of rotatable bonds is 5. The Hall–Kier alpha value is -6.71. The van der Waals surface area contributed by atoms with E-state index in [1.54, 1.807) is 0 Å². The van der Waals surface area contributed by atoms with Gasteiger partial charge in [-0.1, -0.05) is 164 Å². The van der Waals surface area contributed by atoms with Crippen molar-refractivity contribution in [3.05, 3.63) is 149 Å². The minimum absolute atomic E-state index is 0.00432. The number of nitrogens with zero attached hydrogens (tertiary/aromatic N) is 3. The summed E-state index contributed by atoms with van der Waals surface area (Å²) in [6.07, 6.45) is 0. The van der Waals surface area contributed by atoms with Crippen LogP contribution in [-0.2, 0) is 10.8 Å². The first-order valence-corrected chi connectivity index (χ1v) is 27.5. The van der Waals surface area contributed by atoms with Crippen molar-refractivity contribution >= 4 is 112 Å². The highest BCUT2D eigenvalue weighted by Crippen LogP contribution is 2.50. The van der Waals surface area contributed by atoms with Gasteiger partial charge >= 0.3 is 0 Å². The average molecular weight is 946 g/mol. The van der Waals surface area contributed by atoms with Crippen LogP contribution in [0.25, 0.3) is 93.6 Å². The summed E-state index contributed by atoms with van der Waals surface area (Å²) in [7, 11) is 0. The molecule has 0 unspecified atom stereocenters. The molecule has 0 saturated carbocycles. The number of benzene rings is 8. The summed E-state index contributed by atoms with van der Waals surface area (Å²) in [5, 5.41) is 8.26. The fourth-order valence-corrected chi connectivity index (χ4v) is 14.4. The van der Waals surface area contributed by atoms with Gasteiger partial charge in [-0.05, 0) is 155 Å². The number of hydrogen-bond acceptors (Lipinski definition) is 0. The van der Waals surface area contributed by atoms with Crippen LogP contribution in [0.3, 0.4) is 0 Å². The summed E-state index contributed by atoms with van der Waals surface area (Å²) in [4.78, 5) is 0. The second-order valence-electron chi connectivity index (χ2n) is 26.1. The molecule has 11 aromatic rings. The molecule has 7 heterocycles. The minimum atomic E-state index is -0.0691. The van der Waals surface area contributed by atoms with Gasteiger partial charge < -0.3 is 13.7 Å². The monoisotopic (exact) mass is 946 g/mol. The summed E-state index contributed by atoms with van der Waals surface area (Å²) < 4.78 is 8.39. The van der Waals surface area contributed by atoms with E-state index >= 15 is 0 Å². The van der Waals surface area contributed by atoms with E-state index in [0.29, 0.717) is 23.7 Å². The van der Waals surface area contributed by atoms with Gasteiger partial charge in [-0.2, -0.15) is 0 Å². The van der Waals surface area contributed by atoms with Crippen LogP contribution in [0.15, 0.2) is 115 Å². The second-order valence-corrected chi connectivity index (χ2v) is 26.1. The van der Waals surface area contributed by atoms with E-state index in [9.17, 15) is 0 Å². The van der Waals surface area contributed by atoms with Gasteiger partial charge in [0.15, 0.2) is 0 Å². The molecule has 0 aliphatic carbocycles. The van der Waals surface area contributed by atoms with Crippen LogP contribution < -0.4 is 32.8 Å². The summed E-state index contributed by atoms with van der Waals surface area (Å²) in [5.41, 5.74) is 31.9. The Balaban J connectivity index is 1.28. The van der Waals surface area contributed by atoms with E-state index in [1.165, 1.54) is 160 Å². The molecule has 0 spiro atoms.